The van der Waals surface area contributed by atoms with E-state index in [2.05, 4.69) is 26.8 Å². The highest BCUT2D eigenvalue weighted by Gasteiger charge is 2.25. The van der Waals surface area contributed by atoms with E-state index in [1.165, 1.54) is 0 Å². The van der Waals surface area contributed by atoms with Crippen LogP contribution < -0.4 is 0 Å². The van der Waals surface area contributed by atoms with E-state index in [-0.39, 0.29) is 12.3 Å². The van der Waals surface area contributed by atoms with Crippen LogP contribution in [0.4, 0.5) is 0 Å². The average Bonchev–Trinajstić information content (AvgIpc) is 3.18. The fourth-order valence-electron chi connectivity index (χ4n) is 3.01. The first-order chi connectivity index (χ1) is 11.3. The first-order valence-corrected chi connectivity index (χ1v) is 7.78. The largest absolute Gasteiger partial charge is 0.356 e. The molecule has 3 heterocycles. The summed E-state index contributed by atoms with van der Waals surface area (Å²) in [6, 6.07) is 7.59. The van der Waals surface area contributed by atoms with Crippen molar-refractivity contribution < 1.29 is 9.32 Å². The normalized spacial score (nSPS) is 14.2. The number of para-hydroxylation sites is 1. The minimum Gasteiger partial charge on any atom is -0.356 e. The fourth-order valence-corrected chi connectivity index (χ4v) is 3.01. The molecule has 0 radical (unpaired) electrons. The molecule has 0 N–H and O–H groups in total. The summed E-state index contributed by atoms with van der Waals surface area (Å²) in [5.41, 5.74) is 1.40. The Kier molecular flexibility index (Phi) is 3.33. The highest BCUT2D eigenvalue weighted by molar-refractivity contribution is 5.86. The summed E-state index contributed by atoms with van der Waals surface area (Å²) in [7, 11) is 0. The third kappa shape index (κ3) is 2.38. The van der Waals surface area contributed by atoms with E-state index < -0.39 is 0 Å². The minimum atomic E-state index is 0.0383. The smallest absolute Gasteiger partial charge is 0.229 e. The van der Waals surface area contributed by atoms with Crippen LogP contribution in [-0.2, 0) is 30.7 Å². The van der Waals surface area contributed by atoms with Crippen LogP contribution in [0.25, 0.3) is 11.0 Å². The zero-order chi connectivity index (χ0) is 15.8. The van der Waals surface area contributed by atoms with Crippen LogP contribution >= 0.6 is 0 Å². The molecule has 0 fully saturated rings. The third-order valence-electron chi connectivity index (χ3n) is 4.27. The molecule has 1 aliphatic heterocycles. The van der Waals surface area contributed by atoms with E-state index >= 15 is 0 Å². The average molecular weight is 311 g/mol. The Morgan fingerprint density at radius 2 is 2.13 bits per heavy atom. The van der Waals surface area contributed by atoms with Gasteiger partial charge in [0.25, 0.3) is 0 Å². The predicted molar refractivity (Wildman–Crippen MR) is 82.5 cm³/mol. The Morgan fingerprint density at radius 1 is 1.26 bits per heavy atom. The molecule has 1 aliphatic rings. The van der Waals surface area contributed by atoms with Gasteiger partial charge in [0.2, 0.25) is 5.91 Å². The second-order valence-electron chi connectivity index (χ2n) is 5.66. The number of hydrogen-bond acceptors (Lipinski definition) is 5. The molecule has 23 heavy (non-hydrogen) atoms. The van der Waals surface area contributed by atoms with Crippen molar-refractivity contribution in [2.24, 2.45) is 0 Å². The van der Waals surface area contributed by atoms with Crippen molar-refractivity contribution in [1.29, 1.82) is 0 Å². The quantitative estimate of drug-likeness (QED) is 0.733. The topological polar surface area (TPSA) is 77.1 Å². The van der Waals surface area contributed by atoms with Gasteiger partial charge in [-0.25, -0.2) is 0 Å². The lowest BCUT2D eigenvalue weighted by Crippen LogP contribution is -2.39. The molecular formula is C16H17N5O2. The molecule has 0 bridgehead atoms. The summed E-state index contributed by atoms with van der Waals surface area (Å²) in [5, 5.41) is 13.3. The summed E-state index contributed by atoms with van der Waals surface area (Å²) in [6.45, 7) is 3.98. The number of rotatable bonds is 3. The van der Waals surface area contributed by atoms with Crippen molar-refractivity contribution in [2.75, 3.05) is 6.54 Å². The Hall–Kier alpha value is -2.70. The summed E-state index contributed by atoms with van der Waals surface area (Å²) in [6.07, 6.45) is 1.09. The molecule has 4 rings (SSSR count). The van der Waals surface area contributed by atoms with Gasteiger partial charge < -0.3 is 14.0 Å². The van der Waals surface area contributed by atoms with Gasteiger partial charge in [0.15, 0.2) is 11.4 Å². The van der Waals surface area contributed by atoms with Crippen molar-refractivity contribution >= 4 is 16.9 Å². The second kappa shape index (κ2) is 5.49. The van der Waals surface area contributed by atoms with Gasteiger partial charge in [-0.3, -0.25) is 4.79 Å². The lowest BCUT2D eigenvalue weighted by molar-refractivity contribution is -0.132. The van der Waals surface area contributed by atoms with Crippen LogP contribution in [-0.4, -0.2) is 37.3 Å². The molecule has 0 unspecified atom stereocenters. The summed E-state index contributed by atoms with van der Waals surface area (Å²) in [4.78, 5) is 14.4. The summed E-state index contributed by atoms with van der Waals surface area (Å²) >= 11 is 0. The molecule has 1 amide bonds. The number of carbonyl (C=O) groups is 1. The van der Waals surface area contributed by atoms with Crippen molar-refractivity contribution in [3.05, 3.63) is 41.6 Å². The van der Waals surface area contributed by atoms with Crippen molar-refractivity contribution in [3.8, 4) is 0 Å². The van der Waals surface area contributed by atoms with E-state index in [1.807, 2.05) is 29.2 Å². The number of fused-ring (bicyclic) bond motifs is 2. The van der Waals surface area contributed by atoms with Gasteiger partial charge in [-0.15, -0.1) is 10.2 Å². The second-order valence-corrected chi connectivity index (χ2v) is 5.66. The van der Waals surface area contributed by atoms with Gasteiger partial charge in [0, 0.05) is 24.9 Å². The molecule has 0 spiro atoms. The molecule has 3 aromatic rings. The number of aromatic nitrogens is 4. The van der Waals surface area contributed by atoms with E-state index in [9.17, 15) is 4.79 Å². The molecule has 7 nitrogen and oxygen atoms in total. The van der Waals surface area contributed by atoms with Gasteiger partial charge in [-0.1, -0.05) is 24.2 Å². The van der Waals surface area contributed by atoms with E-state index in [0.29, 0.717) is 24.4 Å². The lowest BCUT2D eigenvalue weighted by Gasteiger charge is -2.27. The maximum absolute atomic E-state index is 12.6. The molecule has 0 saturated carbocycles. The maximum atomic E-state index is 12.6. The molecule has 7 heteroatoms. The highest BCUT2D eigenvalue weighted by atomic mass is 16.5. The molecule has 1 aromatic carbocycles. The fraction of sp³-hybridized carbons (Fsp3) is 0.375. The van der Waals surface area contributed by atoms with Gasteiger partial charge in [-0.05, 0) is 12.1 Å². The lowest BCUT2D eigenvalue weighted by atomic mass is 10.1. The van der Waals surface area contributed by atoms with Crippen molar-refractivity contribution in [1.82, 2.24) is 24.8 Å². The van der Waals surface area contributed by atoms with Crippen LogP contribution in [0.2, 0.25) is 0 Å². The number of aryl methyl sites for hydroxylation is 1. The van der Waals surface area contributed by atoms with E-state index in [4.69, 9.17) is 4.52 Å². The van der Waals surface area contributed by atoms with Crippen LogP contribution in [0, 0.1) is 0 Å². The molecule has 0 saturated heterocycles. The molecule has 0 atom stereocenters. The molecule has 2 aromatic heterocycles. The summed E-state index contributed by atoms with van der Waals surface area (Å²) in [5.74, 6) is 1.87. The molecule has 118 valence electrons. The van der Waals surface area contributed by atoms with Crippen LogP contribution in [0.15, 0.2) is 28.8 Å². The van der Waals surface area contributed by atoms with Gasteiger partial charge in [0.1, 0.15) is 11.5 Å². The van der Waals surface area contributed by atoms with Crippen molar-refractivity contribution in [2.45, 2.75) is 32.9 Å². The zero-order valence-corrected chi connectivity index (χ0v) is 12.9. The first kappa shape index (κ1) is 13.9. The Morgan fingerprint density at radius 3 is 3.00 bits per heavy atom. The molecule has 0 aliphatic carbocycles. The predicted octanol–water partition coefficient (Wildman–Crippen LogP) is 1.57. The number of nitrogens with zero attached hydrogens (tertiary/aromatic N) is 5. The van der Waals surface area contributed by atoms with Gasteiger partial charge in [-0.2, -0.15) is 0 Å². The zero-order valence-electron chi connectivity index (χ0n) is 12.9. The Balaban J connectivity index is 1.52. The Labute approximate surface area is 132 Å². The number of amides is 1. The Bertz CT molecular complexity index is 866. The van der Waals surface area contributed by atoms with Crippen LogP contribution in [0.3, 0.4) is 0 Å². The van der Waals surface area contributed by atoms with Crippen molar-refractivity contribution in [3.63, 3.8) is 0 Å². The standard InChI is InChI=1S/C16H17N5O2/c1-2-14-17-18-15-10-20(7-8-21(14)15)16(22)9-12-11-5-3-4-6-13(11)23-19-12/h3-6H,2,7-10H2,1H3. The SMILES string of the molecule is CCc1nnc2n1CCN(C(=O)Cc1noc3ccccc13)C2. The third-order valence-corrected chi connectivity index (χ3v) is 4.27. The van der Waals surface area contributed by atoms with E-state index in [1.54, 1.807) is 0 Å². The van der Waals surface area contributed by atoms with Crippen LogP contribution in [0.5, 0.6) is 0 Å². The number of carbonyl (C=O) groups excluding carboxylic acids is 1. The van der Waals surface area contributed by atoms with Gasteiger partial charge in [0.05, 0.1) is 13.0 Å². The first-order valence-electron chi connectivity index (χ1n) is 7.78. The maximum Gasteiger partial charge on any atom is 0.229 e. The minimum absolute atomic E-state index is 0.0383. The van der Waals surface area contributed by atoms with E-state index in [0.717, 1.165) is 30.0 Å². The number of benzene rings is 1. The highest BCUT2D eigenvalue weighted by Crippen LogP contribution is 2.20. The summed E-state index contributed by atoms with van der Waals surface area (Å²) < 4.78 is 7.37. The number of hydrogen-bond donors (Lipinski definition) is 0. The monoisotopic (exact) mass is 311 g/mol. The van der Waals surface area contributed by atoms with Gasteiger partial charge >= 0.3 is 0 Å². The van der Waals surface area contributed by atoms with Crippen LogP contribution in [0.1, 0.15) is 24.3 Å². The molecular weight excluding hydrogens is 294 g/mol.